The maximum atomic E-state index is 4.49. The minimum absolute atomic E-state index is 0. The first kappa shape index (κ1) is 20.0. The number of guanidine groups is 1. The molecule has 2 fully saturated rings. The summed E-state index contributed by atoms with van der Waals surface area (Å²) >= 11 is 0. The van der Waals surface area contributed by atoms with Crippen LogP contribution in [-0.2, 0) is 0 Å². The number of nitrogens with zero attached hydrogens (tertiary/aromatic N) is 3. The third-order valence-electron chi connectivity index (χ3n) is 5.97. The summed E-state index contributed by atoms with van der Waals surface area (Å²) in [6.45, 7) is 16.1. The Balaban J connectivity index is 0.00000242. The Kier molecular flexibility index (Phi) is 6.99. The van der Waals surface area contributed by atoms with E-state index in [1.54, 1.807) is 0 Å². The molecule has 1 unspecified atom stereocenters. The highest BCUT2D eigenvalue weighted by atomic mass is 127. The van der Waals surface area contributed by atoms with Crippen LogP contribution in [0.3, 0.4) is 0 Å². The van der Waals surface area contributed by atoms with Gasteiger partial charge in [0.15, 0.2) is 5.96 Å². The average Bonchev–Trinajstić information content (AvgIpc) is 2.43. The Labute approximate surface area is 154 Å². The number of likely N-dealkylation sites (tertiary alicyclic amines) is 2. The van der Waals surface area contributed by atoms with E-state index in [-0.39, 0.29) is 29.5 Å². The van der Waals surface area contributed by atoms with E-state index in [4.69, 9.17) is 0 Å². The van der Waals surface area contributed by atoms with Gasteiger partial charge in [0.1, 0.15) is 0 Å². The standard InChI is InChI=1S/C17H34N4.HI/c1-14-9-7-8-11-20(14)12-10-19-15(18-6)21-13-16(2,3)17(21,4)5;/h14H,7-13H2,1-6H3,(H,18,19);1H. The number of hydrogen-bond acceptors (Lipinski definition) is 2. The molecule has 0 radical (unpaired) electrons. The lowest BCUT2D eigenvalue weighted by Gasteiger charge is -2.62. The molecular formula is C17H35IN4. The molecule has 0 amide bonds. The van der Waals surface area contributed by atoms with Gasteiger partial charge in [-0.1, -0.05) is 20.3 Å². The minimum Gasteiger partial charge on any atom is -0.355 e. The van der Waals surface area contributed by atoms with Crippen LogP contribution in [0, 0.1) is 5.41 Å². The van der Waals surface area contributed by atoms with Gasteiger partial charge in [0.25, 0.3) is 0 Å². The first-order chi connectivity index (χ1) is 9.79. The zero-order valence-corrected chi connectivity index (χ0v) is 17.6. The third-order valence-corrected chi connectivity index (χ3v) is 5.97. The number of halogens is 1. The summed E-state index contributed by atoms with van der Waals surface area (Å²) in [7, 11) is 1.90. The molecule has 2 aliphatic rings. The molecule has 0 aromatic heterocycles. The maximum absolute atomic E-state index is 4.49. The van der Waals surface area contributed by atoms with Gasteiger partial charge in [-0.15, -0.1) is 24.0 Å². The molecule has 0 aliphatic carbocycles. The molecule has 0 aromatic rings. The lowest BCUT2D eigenvalue weighted by molar-refractivity contribution is -0.0667. The summed E-state index contributed by atoms with van der Waals surface area (Å²) in [4.78, 5) is 9.50. The molecule has 2 rings (SSSR count). The van der Waals surface area contributed by atoms with E-state index >= 15 is 0 Å². The van der Waals surface area contributed by atoms with Gasteiger partial charge in [0.2, 0.25) is 0 Å². The monoisotopic (exact) mass is 422 g/mol. The van der Waals surface area contributed by atoms with Crippen molar-refractivity contribution in [1.29, 1.82) is 0 Å². The van der Waals surface area contributed by atoms with Gasteiger partial charge in [-0.2, -0.15) is 0 Å². The molecule has 0 saturated carbocycles. The van der Waals surface area contributed by atoms with Crippen molar-refractivity contribution in [1.82, 2.24) is 15.1 Å². The predicted molar refractivity (Wildman–Crippen MR) is 106 cm³/mol. The maximum Gasteiger partial charge on any atom is 0.194 e. The molecule has 130 valence electrons. The molecule has 0 spiro atoms. The van der Waals surface area contributed by atoms with Crippen molar-refractivity contribution in [3.05, 3.63) is 0 Å². The van der Waals surface area contributed by atoms with Crippen molar-refractivity contribution in [2.45, 2.75) is 65.5 Å². The molecular weight excluding hydrogens is 387 g/mol. The Morgan fingerprint density at radius 1 is 1.23 bits per heavy atom. The van der Waals surface area contributed by atoms with Crippen LogP contribution in [0.4, 0.5) is 0 Å². The quantitative estimate of drug-likeness (QED) is 0.431. The van der Waals surface area contributed by atoms with Crippen molar-refractivity contribution in [2.75, 3.05) is 33.2 Å². The van der Waals surface area contributed by atoms with Crippen molar-refractivity contribution < 1.29 is 0 Å². The third kappa shape index (κ3) is 3.89. The predicted octanol–water partition coefficient (Wildman–Crippen LogP) is 3.17. The van der Waals surface area contributed by atoms with Crippen LogP contribution in [0.1, 0.15) is 53.9 Å². The van der Waals surface area contributed by atoms with Crippen LogP contribution >= 0.6 is 24.0 Å². The summed E-state index contributed by atoms with van der Waals surface area (Å²) in [5.41, 5.74) is 0.527. The zero-order chi connectivity index (χ0) is 15.7. The van der Waals surface area contributed by atoms with E-state index < -0.39 is 0 Å². The average molecular weight is 422 g/mol. The second-order valence-electron chi connectivity index (χ2n) is 7.88. The summed E-state index contributed by atoms with van der Waals surface area (Å²) < 4.78 is 0. The van der Waals surface area contributed by atoms with Gasteiger partial charge in [-0.25, -0.2) is 0 Å². The Morgan fingerprint density at radius 3 is 2.41 bits per heavy atom. The first-order valence-electron chi connectivity index (χ1n) is 8.52. The van der Waals surface area contributed by atoms with Gasteiger partial charge in [0, 0.05) is 43.7 Å². The topological polar surface area (TPSA) is 30.9 Å². The molecule has 2 saturated heterocycles. The molecule has 4 nitrogen and oxygen atoms in total. The van der Waals surface area contributed by atoms with Crippen molar-refractivity contribution >= 4 is 29.9 Å². The highest BCUT2D eigenvalue weighted by Gasteiger charge is 2.53. The lowest BCUT2D eigenvalue weighted by atomic mass is 9.65. The van der Waals surface area contributed by atoms with Crippen LogP contribution < -0.4 is 5.32 Å². The van der Waals surface area contributed by atoms with E-state index in [2.05, 4.69) is 54.7 Å². The fourth-order valence-electron chi connectivity index (χ4n) is 3.50. The van der Waals surface area contributed by atoms with Crippen LogP contribution in [0.25, 0.3) is 0 Å². The number of aliphatic imine (C=N–C) groups is 1. The van der Waals surface area contributed by atoms with E-state index in [9.17, 15) is 0 Å². The van der Waals surface area contributed by atoms with Crippen LogP contribution in [0.5, 0.6) is 0 Å². The van der Waals surface area contributed by atoms with E-state index in [0.29, 0.717) is 5.41 Å². The smallest absolute Gasteiger partial charge is 0.194 e. The van der Waals surface area contributed by atoms with E-state index in [1.807, 2.05) is 7.05 Å². The second-order valence-corrected chi connectivity index (χ2v) is 7.88. The largest absolute Gasteiger partial charge is 0.355 e. The highest BCUT2D eigenvalue weighted by Crippen LogP contribution is 2.46. The van der Waals surface area contributed by atoms with Crippen molar-refractivity contribution in [3.8, 4) is 0 Å². The summed E-state index contributed by atoms with van der Waals surface area (Å²) in [6, 6.07) is 0.738. The van der Waals surface area contributed by atoms with E-state index in [0.717, 1.165) is 31.6 Å². The summed E-state index contributed by atoms with van der Waals surface area (Å²) in [6.07, 6.45) is 4.10. The van der Waals surface area contributed by atoms with Gasteiger partial charge in [0.05, 0.1) is 0 Å². The van der Waals surface area contributed by atoms with Gasteiger partial charge >= 0.3 is 0 Å². The Bertz CT molecular complexity index is 392. The minimum atomic E-state index is 0. The van der Waals surface area contributed by atoms with E-state index in [1.165, 1.54) is 25.8 Å². The van der Waals surface area contributed by atoms with Gasteiger partial charge < -0.3 is 10.2 Å². The van der Waals surface area contributed by atoms with Gasteiger partial charge in [-0.05, 0) is 40.2 Å². The van der Waals surface area contributed by atoms with Crippen LogP contribution in [0.2, 0.25) is 0 Å². The van der Waals surface area contributed by atoms with Gasteiger partial charge in [-0.3, -0.25) is 9.89 Å². The number of nitrogens with one attached hydrogen (secondary N) is 1. The molecule has 1 atom stereocenters. The first-order valence-corrected chi connectivity index (χ1v) is 8.52. The molecule has 0 bridgehead atoms. The molecule has 2 aliphatic heterocycles. The SMILES string of the molecule is CN=C(NCCN1CCCCC1C)N1CC(C)(C)C1(C)C.I. The highest BCUT2D eigenvalue weighted by molar-refractivity contribution is 14.0. The molecule has 5 heteroatoms. The zero-order valence-electron chi connectivity index (χ0n) is 15.3. The normalized spacial score (nSPS) is 27.8. The Hall–Kier alpha value is -0.0400. The molecule has 0 aromatic carbocycles. The van der Waals surface area contributed by atoms with Crippen LogP contribution in [0.15, 0.2) is 4.99 Å². The number of piperidine rings is 1. The second kappa shape index (κ2) is 7.69. The van der Waals surface area contributed by atoms with Crippen molar-refractivity contribution in [2.24, 2.45) is 10.4 Å². The van der Waals surface area contributed by atoms with Crippen molar-refractivity contribution in [3.63, 3.8) is 0 Å². The fourth-order valence-corrected chi connectivity index (χ4v) is 3.50. The molecule has 1 N–H and O–H groups in total. The lowest BCUT2D eigenvalue weighted by Crippen LogP contribution is -2.72. The number of hydrogen-bond donors (Lipinski definition) is 1. The summed E-state index contributed by atoms with van der Waals surface area (Å²) in [5, 5.41) is 3.57. The summed E-state index contributed by atoms with van der Waals surface area (Å²) in [5.74, 6) is 1.06. The fraction of sp³-hybridized carbons (Fsp3) is 0.941. The number of rotatable bonds is 3. The van der Waals surface area contributed by atoms with Crippen LogP contribution in [-0.4, -0.2) is 60.6 Å². The molecule has 22 heavy (non-hydrogen) atoms. The molecule has 2 heterocycles. The Morgan fingerprint density at radius 2 is 1.91 bits per heavy atom.